The molecule has 0 unspecified atom stereocenters. The maximum Gasteiger partial charge on any atom is 0.240 e. The lowest BCUT2D eigenvalue weighted by Crippen LogP contribution is -2.42. The predicted octanol–water partition coefficient (Wildman–Crippen LogP) is 1.32. The summed E-state index contributed by atoms with van der Waals surface area (Å²) >= 11 is 0. The number of imide groups is 1. The van der Waals surface area contributed by atoms with Crippen molar-refractivity contribution < 1.29 is 9.59 Å². The average Bonchev–Trinajstić information content (AvgIpc) is 2.63. The van der Waals surface area contributed by atoms with Crippen LogP contribution in [0.5, 0.6) is 0 Å². The smallest absolute Gasteiger partial charge is 0.240 e. The first-order valence-electron chi connectivity index (χ1n) is 6.36. The fourth-order valence-corrected chi connectivity index (χ4v) is 2.93. The highest BCUT2D eigenvalue weighted by Crippen LogP contribution is 2.42. The molecule has 1 aromatic rings. The Morgan fingerprint density at radius 2 is 1.72 bits per heavy atom. The second-order valence-corrected chi connectivity index (χ2v) is 5.08. The van der Waals surface area contributed by atoms with Gasteiger partial charge in [-0.05, 0) is 38.1 Å². The molecule has 2 amide bonds. The van der Waals surface area contributed by atoms with Crippen LogP contribution in [0.4, 0.5) is 5.69 Å². The van der Waals surface area contributed by atoms with E-state index in [-0.39, 0.29) is 11.8 Å². The van der Waals surface area contributed by atoms with Gasteiger partial charge in [0.15, 0.2) is 0 Å². The third kappa shape index (κ3) is 1.64. The number of piperidine rings is 1. The van der Waals surface area contributed by atoms with Gasteiger partial charge in [0.25, 0.3) is 0 Å². The summed E-state index contributed by atoms with van der Waals surface area (Å²) in [5.41, 5.74) is 0.251. The van der Waals surface area contributed by atoms with Crippen LogP contribution in [0.15, 0.2) is 30.3 Å². The lowest BCUT2D eigenvalue weighted by molar-refractivity contribution is -0.126. The highest BCUT2D eigenvalue weighted by Gasteiger charge is 2.51. The summed E-state index contributed by atoms with van der Waals surface area (Å²) in [6.45, 7) is 1.64. The summed E-state index contributed by atoms with van der Waals surface area (Å²) in [5, 5.41) is 3.24. The maximum atomic E-state index is 12.6. The number of rotatable bonds is 1. The molecule has 2 saturated heterocycles. The molecule has 0 aliphatic carbocycles. The summed E-state index contributed by atoms with van der Waals surface area (Å²) in [5.74, 6) is -0.0756. The Balaban J connectivity index is 1.94. The first-order chi connectivity index (χ1) is 8.73. The minimum absolute atomic E-state index is 0.0137. The Labute approximate surface area is 106 Å². The molecule has 3 rings (SSSR count). The van der Waals surface area contributed by atoms with E-state index in [4.69, 9.17) is 0 Å². The second-order valence-electron chi connectivity index (χ2n) is 5.08. The lowest BCUT2D eigenvalue weighted by atomic mass is 9.77. The van der Waals surface area contributed by atoms with Crippen LogP contribution < -0.4 is 10.2 Å². The number of carbonyl (C=O) groups is 2. The van der Waals surface area contributed by atoms with E-state index in [1.165, 1.54) is 4.90 Å². The second kappa shape index (κ2) is 4.21. The first-order valence-corrected chi connectivity index (χ1v) is 6.36. The van der Waals surface area contributed by atoms with Gasteiger partial charge in [-0.25, -0.2) is 0 Å². The maximum absolute atomic E-state index is 12.6. The molecule has 0 radical (unpaired) electrons. The minimum Gasteiger partial charge on any atom is -0.317 e. The zero-order valence-electron chi connectivity index (χ0n) is 10.2. The SMILES string of the molecule is O=C1CC2(CCNCC2)C(=O)N1c1ccccc1. The van der Waals surface area contributed by atoms with Gasteiger partial charge >= 0.3 is 0 Å². The predicted molar refractivity (Wildman–Crippen MR) is 68.1 cm³/mol. The summed E-state index contributed by atoms with van der Waals surface area (Å²) in [6.07, 6.45) is 1.89. The van der Waals surface area contributed by atoms with Crippen molar-refractivity contribution in [3.8, 4) is 0 Å². The number of nitrogens with one attached hydrogen (secondary N) is 1. The molecule has 1 spiro atoms. The van der Waals surface area contributed by atoms with Gasteiger partial charge in [-0.15, -0.1) is 0 Å². The van der Waals surface area contributed by atoms with Crippen molar-refractivity contribution >= 4 is 17.5 Å². The number of hydrogen-bond acceptors (Lipinski definition) is 3. The van der Waals surface area contributed by atoms with Gasteiger partial charge in [-0.2, -0.15) is 0 Å². The molecular formula is C14H16N2O2. The molecule has 1 N–H and O–H groups in total. The van der Waals surface area contributed by atoms with Gasteiger partial charge in [0.2, 0.25) is 11.8 Å². The number of nitrogens with zero attached hydrogens (tertiary/aromatic N) is 1. The molecule has 0 bridgehead atoms. The summed E-state index contributed by atoms with van der Waals surface area (Å²) in [7, 11) is 0. The molecule has 2 aliphatic heterocycles. The van der Waals surface area contributed by atoms with Crippen molar-refractivity contribution in [3.05, 3.63) is 30.3 Å². The van der Waals surface area contributed by atoms with Gasteiger partial charge in [-0.1, -0.05) is 18.2 Å². The molecule has 1 aromatic carbocycles. The molecule has 18 heavy (non-hydrogen) atoms. The number of hydrogen-bond donors (Lipinski definition) is 1. The van der Waals surface area contributed by atoms with Crippen molar-refractivity contribution in [1.82, 2.24) is 5.32 Å². The van der Waals surface area contributed by atoms with E-state index in [1.807, 2.05) is 30.3 Å². The molecule has 2 heterocycles. The van der Waals surface area contributed by atoms with Gasteiger partial charge in [0, 0.05) is 6.42 Å². The van der Waals surface area contributed by atoms with Crippen LogP contribution >= 0.6 is 0 Å². The third-order valence-corrected chi connectivity index (χ3v) is 3.97. The molecular weight excluding hydrogens is 228 g/mol. The summed E-state index contributed by atoms with van der Waals surface area (Å²) in [4.78, 5) is 26.1. The summed E-state index contributed by atoms with van der Waals surface area (Å²) < 4.78 is 0. The monoisotopic (exact) mass is 244 g/mol. The number of anilines is 1. The van der Waals surface area contributed by atoms with Crippen molar-refractivity contribution in [2.45, 2.75) is 19.3 Å². The van der Waals surface area contributed by atoms with Crippen LogP contribution in [-0.2, 0) is 9.59 Å². The molecule has 0 aromatic heterocycles. The van der Waals surface area contributed by atoms with Crippen LogP contribution in [0, 0.1) is 5.41 Å². The number of amides is 2. The van der Waals surface area contributed by atoms with Gasteiger partial charge < -0.3 is 5.32 Å². The molecule has 4 heteroatoms. The van der Waals surface area contributed by atoms with E-state index >= 15 is 0 Å². The largest absolute Gasteiger partial charge is 0.317 e. The van der Waals surface area contributed by atoms with Gasteiger partial charge in [0.05, 0.1) is 11.1 Å². The Kier molecular flexibility index (Phi) is 2.67. The number of para-hydroxylation sites is 1. The molecule has 2 aliphatic rings. The van der Waals surface area contributed by atoms with E-state index in [0.29, 0.717) is 12.1 Å². The molecule has 0 atom stereocenters. The fourth-order valence-electron chi connectivity index (χ4n) is 2.93. The van der Waals surface area contributed by atoms with Crippen LogP contribution in [0.25, 0.3) is 0 Å². The van der Waals surface area contributed by atoms with E-state index in [9.17, 15) is 9.59 Å². The molecule has 0 saturated carbocycles. The lowest BCUT2D eigenvalue weighted by Gasteiger charge is -2.31. The van der Waals surface area contributed by atoms with Crippen molar-refractivity contribution in [1.29, 1.82) is 0 Å². The average molecular weight is 244 g/mol. The number of benzene rings is 1. The Morgan fingerprint density at radius 3 is 2.39 bits per heavy atom. The van der Waals surface area contributed by atoms with Crippen LogP contribution in [-0.4, -0.2) is 24.9 Å². The van der Waals surface area contributed by atoms with Crippen molar-refractivity contribution in [2.75, 3.05) is 18.0 Å². The molecule has 2 fully saturated rings. The zero-order valence-corrected chi connectivity index (χ0v) is 10.2. The normalized spacial score (nSPS) is 22.8. The van der Waals surface area contributed by atoms with Crippen LogP contribution in [0.1, 0.15) is 19.3 Å². The van der Waals surface area contributed by atoms with E-state index in [2.05, 4.69) is 5.32 Å². The van der Waals surface area contributed by atoms with Crippen molar-refractivity contribution in [3.63, 3.8) is 0 Å². The molecule has 94 valence electrons. The molecule has 4 nitrogen and oxygen atoms in total. The highest BCUT2D eigenvalue weighted by atomic mass is 16.2. The standard InChI is InChI=1S/C14H16N2O2/c17-12-10-14(6-8-15-9-7-14)13(18)16(12)11-4-2-1-3-5-11/h1-5,15H,6-10H2. The fraction of sp³-hybridized carbons (Fsp3) is 0.429. The zero-order chi connectivity index (χ0) is 12.6. The van der Waals surface area contributed by atoms with E-state index < -0.39 is 5.41 Å². The third-order valence-electron chi connectivity index (χ3n) is 3.97. The first kappa shape index (κ1) is 11.4. The van der Waals surface area contributed by atoms with Crippen molar-refractivity contribution in [2.24, 2.45) is 5.41 Å². The van der Waals surface area contributed by atoms with Gasteiger partial charge in [-0.3, -0.25) is 14.5 Å². The Bertz CT molecular complexity index is 478. The quantitative estimate of drug-likeness (QED) is 0.758. The topological polar surface area (TPSA) is 49.4 Å². The summed E-state index contributed by atoms with van der Waals surface area (Å²) in [6, 6.07) is 9.22. The minimum atomic E-state index is -0.446. The highest BCUT2D eigenvalue weighted by molar-refractivity contribution is 6.22. The van der Waals surface area contributed by atoms with E-state index in [1.54, 1.807) is 0 Å². The Morgan fingerprint density at radius 1 is 1.06 bits per heavy atom. The van der Waals surface area contributed by atoms with Crippen LogP contribution in [0.2, 0.25) is 0 Å². The van der Waals surface area contributed by atoms with Crippen LogP contribution in [0.3, 0.4) is 0 Å². The van der Waals surface area contributed by atoms with Gasteiger partial charge in [0.1, 0.15) is 0 Å². The Hall–Kier alpha value is -1.68. The number of carbonyl (C=O) groups excluding carboxylic acids is 2. The van der Waals surface area contributed by atoms with E-state index in [0.717, 1.165) is 25.9 Å².